The highest BCUT2D eigenvalue weighted by Crippen LogP contribution is 2.28. The first-order valence-electron chi connectivity index (χ1n) is 8.44. The van der Waals surface area contributed by atoms with E-state index in [1.165, 1.54) is 18.2 Å². The number of ether oxygens (including phenoxy) is 1. The molecule has 9 heteroatoms. The van der Waals surface area contributed by atoms with Gasteiger partial charge in [0.1, 0.15) is 5.82 Å². The van der Waals surface area contributed by atoms with Gasteiger partial charge in [0.15, 0.2) is 0 Å². The van der Waals surface area contributed by atoms with Crippen LogP contribution in [-0.4, -0.2) is 58.9 Å². The van der Waals surface area contributed by atoms with Crippen molar-refractivity contribution in [3.8, 4) is 11.5 Å². The topological polar surface area (TPSA) is 71.7 Å². The molecule has 1 unspecified atom stereocenters. The molecule has 1 atom stereocenters. The fourth-order valence-corrected chi connectivity index (χ4v) is 3.01. The van der Waals surface area contributed by atoms with Gasteiger partial charge in [0.05, 0.1) is 18.2 Å². The van der Waals surface area contributed by atoms with Crippen LogP contribution in [0.4, 0.5) is 9.18 Å². The summed E-state index contributed by atoms with van der Waals surface area (Å²) in [6.07, 6.45) is -0.295. The normalized spacial score (nSPS) is 16.5. The van der Waals surface area contributed by atoms with E-state index in [1.54, 1.807) is 11.8 Å². The Bertz CT molecular complexity index is 777. The summed E-state index contributed by atoms with van der Waals surface area (Å²) in [6.45, 7) is 6.52. The summed E-state index contributed by atoms with van der Waals surface area (Å²) in [4.78, 5) is 15.6. The van der Waals surface area contributed by atoms with Crippen LogP contribution in [0, 0.1) is 5.82 Å². The zero-order valence-electron chi connectivity index (χ0n) is 14.6. The number of hydrogen-bond acceptors (Lipinski definition) is 6. The molecule has 0 radical (unpaired) electrons. The highest BCUT2D eigenvalue weighted by atomic mass is 35.5. The first kappa shape index (κ1) is 18.6. The Hall–Kier alpha value is -2.19. The van der Waals surface area contributed by atoms with Crippen LogP contribution < -0.4 is 0 Å². The van der Waals surface area contributed by atoms with Crippen LogP contribution in [-0.2, 0) is 4.74 Å². The summed E-state index contributed by atoms with van der Waals surface area (Å²) in [5, 5.41) is 8.39. The number of carbonyl (C=O) groups excluding carboxylic acids is 1. The number of nitrogens with zero attached hydrogens (tertiary/aromatic N) is 4. The predicted molar refractivity (Wildman–Crippen MR) is 93.3 cm³/mol. The van der Waals surface area contributed by atoms with E-state index in [1.807, 2.05) is 6.92 Å². The molecule has 0 bridgehead atoms. The minimum Gasteiger partial charge on any atom is -0.450 e. The molecular weight excluding hydrogens is 363 g/mol. The highest BCUT2D eigenvalue weighted by molar-refractivity contribution is 6.30. The lowest BCUT2D eigenvalue weighted by atomic mass is 10.2. The Morgan fingerprint density at radius 2 is 2.08 bits per heavy atom. The van der Waals surface area contributed by atoms with Crippen LogP contribution >= 0.6 is 11.6 Å². The Morgan fingerprint density at radius 3 is 2.77 bits per heavy atom. The third kappa shape index (κ3) is 3.96. The number of rotatable bonds is 4. The molecule has 3 rings (SSSR count). The van der Waals surface area contributed by atoms with Crippen LogP contribution in [0.15, 0.2) is 22.6 Å². The van der Waals surface area contributed by atoms with Crippen molar-refractivity contribution >= 4 is 17.7 Å². The van der Waals surface area contributed by atoms with Gasteiger partial charge < -0.3 is 14.1 Å². The summed E-state index contributed by atoms with van der Waals surface area (Å²) in [5.74, 6) is 0.0151. The minimum absolute atomic E-state index is 0.0945. The standard InChI is InChI=1S/C17H20ClFN4O3/c1-3-25-17(24)23-8-6-22(7-9-23)11(2)15-20-21-16(26-15)13-10-12(18)4-5-14(13)19/h4-5,10-11H,3,6-9H2,1-2H3. The number of amides is 1. The number of hydrogen-bond donors (Lipinski definition) is 0. The van der Waals surface area contributed by atoms with Crippen molar-refractivity contribution in [3.63, 3.8) is 0 Å². The van der Waals surface area contributed by atoms with Gasteiger partial charge in [-0.2, -0.15) is 0 Å². The molecule has 140 valence electrons. The minimum atomic E-state index is -0.472. The average Bonchev–Trinajstić information content (AvgIpc) is 3.13. The number of carbonyl (C=O) groups is 1. The molecule has 1 saturated heterocycles. The van der Waals surface area contributed by atoms with Gasteiger partial charge in [-0.1, -0.05) is 11.6 Å². The first-order chi connectivity index (χ1) is 12.5. The van der Waals surface area contributed by atoms with Gasteiger partial charge in [-0.3, -0.25) is 4.90 Å². The van der Waals surface area contributed by atoms with Gasteiger partial charge in [-0.05, 0) is 32.0 Å². The third-order valence-electron chi connectivity index (χ3n) is 4.34. The lowest BCUT2D eigenvalue weighted by molar-refractivity contribution is 0.0642. The molecule has 0 spiro atoms. The van der Waals surface area contributed by atoms with Gasteiger partial charge in [0.25, 0.3) is 5.89 Å². The number of piperazine rings is 1. The van der Waals surface area contributed by atoms with Gasteiger partial charge in [-0.15, -0.1) is 10.2 Å². The number of benzene rings is 1. The summed E-state index contributed by atoms with van der Waals surface area (Å²) >= 11 is 5.91. The van der Waals surface area contributed by atoms with Gasteiger partial charge in [0.2, 0.25) is 5.89 Å². The molecule has 0 aliphatic carbocycles. The smallest absolute Gasteiger partial charge is 0.409 e. The Morgan fingerprint density at radius 1 is 1.35 bits per heavy atom. The molecule has 1 aliphatic heterocycles. The van der Waals surface area contributed by atoms with E-state index in [4.69, 9.17) is 20.8 Å². The molecule has 1 aromatic carbocycles. The second-order valence-corrected chi connectivity index (χ2v) is 6.40. The van der Waals surface area contributed by atoms with Gasteiger partial charge >= 0.3 is 6.09 Å². The number of aromatic nitrogens is 2. The highest BCUT2D eigenvalue weighted by Gasteiger charge is 2.28. The Kier molecular flexibility index (Phi) is 5.73. The van der Waals surface area contributed by atoms with E-state index < -0.39 is 5.82 Å². The summed E-state index contributed by atoms with van der Waals surface area (Å²) in [7, 11) is 0. The van der Waals surface area contributed by atoms with E-state index in [0.29, 0.717) is 43.7 Å². The molecule has 1 aliphatic rings. The Balaban J connectivity index is 1.66. The van der Waals surface area contributed by atoms with E-state index >= 15 is 0 Å². The van der Waals surface area contributed by atoms with E-state index in [0.717, 1.165) is 0 Å². The van der Waals surface area contributed by atoms with E-state index in [9.17, 15) is 9.18 Å². The molecular formula is C17H20ClFN4O3. The van der Waals surface area contributed by atoms with Crippen LogP contribution in [0.3, 0.4) is 0 Å². The second kappa shape index (κ2) is 8.01. The largest absolute Gasteiger partial charge is 0.450 e. The lowest BCUT2D eigenvalue weighted by Gasteiger charge is -2.36. The van der Waals surface area contributed by atoms with E-state index in [2.05, 4.69) is 15.1 Å². The zero-order valence-corrected chi connectivity index (χ0v) is 15.4. The van der Waals surface area contributed by atoms with E-state index in [-0.39, 0.29) is 23.6 Å². The summed E-state index contributed by atoms with van der Waals surface area (Å²) in [5.41, 5.74) is 0.176. The maximum Gasteiger partial charge on any atom is 0.409 e. The molecule has 1 aromatic heterocycles. The molecule has 2 heterocycles. The molecule has 0 N–H and O–H groups in total. The molecule has 26 heavy (non-hydrogen) atoms. The SMILES string of the molecule is CCOC(=O)N1CCN(C(C)c2nnc(-c3cc(Cl)ccc3F)o2)CC1. The van der Waals surface area contributed by atoms with Crippen LogP contribution in [0.2, 0.25) is 5.02 Å². The maximum atomic E-state index is 14.0. The van der Waals surface area contributed by atoms with Crippen LogP contribution in [0.1, 0.15) is 25.8 Å². The van der Waals surface area contributed by atoms with Crippen molar-refractivity contribution in [2.45, 2.75) is 19.9 Å². The number of halogens is 2. The van der Waals surface area contributed by atoms with Crippen molar-refractivity contribution < 1.29 is 18.3 Å². The van der Waals surface area contributed by atoms with Crippen molar-refractivity contribution in [2.75, 3.05) is 32.8 Å². The maximum absolute atomic E-state index is 14.0. The lowest BCUT2D eigenvalue weighted by Crippen LogP contribution is -2.49. The van der Waals surface area contributed by atoms with Gasteiger partial charge in [0, 0.05) is 31.2 Å². The second-order valence-electron chi connectivity index (χ2n) is 5.97. The van der Waals surface area contributed by atoms with Crippen LogP contribution in [0.5, 0.6) is 0 Å². The third-order valence-corrected chi connectivity index (χ3v) is 4.58. The fraction of sp³-hybridized carbons (Fsp3) is 0.471. The van der Waals surface area contributed by atoms with Crippen molar-refractivity contribution in [1.82, 2.24) is 20.0 Å². The molecule has 0 saturated carbocycles. The molecule has 1 fully saturated rings. The molecule has 1 amide bonds. The Labute approximate surface area is 155 Å². The fourth-order valence-electron chi connectivity index (χ4n) is 2.84. The molecule has 7 nitrogen and oxygen atoms in total. The quantitative estimate of drug-likeness (QED) is 0.807. The summed E-state index contributed by atoms with van der Waals surface area (Å²) in [6, 6.07) is 4.03. The predicted octanol–water partition coefficient (Wildman–Crippen LogP) is 3.36. The zero-order chi connectivity index (χ0) is 18.7. The van der Waals surface area contributed by atoms with Crippen molar-refractivity contribution in [2.24, 2.45) is 0 Å². The first-order valence-corrected chi connectivity index (χ1v) is 8.82. The summed E-state index contributed by atoms with van der Waals surface area (Å²) < 4.78 is 24.6. The van der Waals surface area contributed by atoms with Gasteiger partial charge in [-0.25, -0.2) is 9.18 Å². The average molecular weight is 383 g/mol. The van der Waals surface area contributed by atoms with Crippen LogP contribution in [0.25, 0.3) is 11.5 Å². The van der Waals surface area contributed by atoms with Crippen molar-refractivity contribution in [1.29, 1.82) is 0 Å². The van der Waals surface area contributed by atoms with Crippen molar-refractivity contribution in [3.05, 3.63) is 34.9 Å². The molecule has 2 aromatic rings. The monoisotopic (exact) mass is 382 g/mol.